The first kappa shape index (κ1) is 28.2. The van der Waals surface area contributed by atoms with Crippen LogP contribution in [0.3, 0.4) is 0 Å². The largest absolute Gasteiger partial charge is 0.456 e. The first-order valence-electron chi connectivity index (χ1n) is 17.5. The van der Waals surface area contributed by atoms with Crippen LogP contribution >= 0.6 is 0 Å². The van der Waals surface area contributed by atoms with Crippen LogP contribution in [0.15, 0.2) is 182 Å². The molecule has 0 bridgehead atoms. The Morgan fingerprint density at radius 3 is 1.94 bits per heavy atom. The lowest BCUT2D eigenvalue weighted by Crippen LogP contribution is -2.37. The molecule has 11 rings (SSSR count). The quantitative estimate of drug-likeness (QED) is 0.190. The number of rotatable bonds is 3. The number of hydrogen-bond acceptors (Lipinski definition) is 2. The summed E-state index contributed by atoms with van der Waals surface area (Å²) in [6.45, 7) is 0. The second-order valence-electron chi connectivity index (χ2n) is 13.5. The number of fused-ring (bicyclic) bond motifs is 11. The van der Waals surface area contributed by atoms with Crippen LogP contribution in [0.4, 0.5) is 0 Å². The molecule has 4 heterocycles. The van der Waals surface area contributed by atoms with E-state index in [-0.39, 0.29) is 0 Å². The summed E-state index contributed by atoms with van der Waals surface area (Å²) in [5, 5.41) is 2.51. The molecule has 0 amide bonds. The maximum Gasteiger partial charge on any atom is 0.141 e. The first-order valence-corrected chi connectivity index (χ1v) is 17.5. The smallest absolute Gasteiger partial charge is 0.141 e. The molecule has 0 saturated heterocycles. The van der Waals surface area contributed by atoms with Gasteiger partial charge in [0.1, 0.15) is 11.5 Å². The molecule has 0 fully saturated rings. The van der Waals surface area contributed by atoms with E-state index in [0.717, 1.165) is 56.3 Å². The van der Waals surface area contributed by atoms with E-state index in [2.05, 4.69) is 180 Å². The lowest BCUT2D eigenvalue weighted by molar-refractivity contribution is 0.435. The van der Waals surface area contributed by atoms with Gasteiger partial charge < -0.3 is 9.30 Å². The molecular formula is C48H30N2O. The standard InChI is InChI=1S/C48H30N2O/c1-3-15-31(16-4-1)33-29-41(32-17-5-2-6-18-32)49-42(30-33)36-21-14-25-40-47(36)51-45-28-12-9-23-38(45)48(40)37-22-8-11-27-44(37)50-43-26-10-7-19-34(43)35-20-13-24-39(48)46(35)50/h1-30H. The van der Waals surface area contributed by atoms with E-state index in [0.29, 0.717) is 0 Å². The van der Waals surface area contributed by atoms with Crippen LogP contribution < -0.4 is 4.74 Å². The molecule has 1 unspecified atom stereocenters. The molecule has 238 valence electrons. The molecular weight excluding hydrogens is 621 g/mol. The highest BCUT2D eigenvalue weighted by atomic mass is 16.5. The number of hydrogen-bond donors (Lipinski definition) is 0. The minimum Gasteiger partial charge on any atom is -0.456 e. The summed E-state index contributed by atoms with van der Waals surface area (Å²) in [5.41, 5.74) is 13.8. The van der Waals surface area contributed by atoms with Crippen LogP contribution in [0.2, 0.25) is 0 Å². The third-order valence-electron chi connectivity index (χ3n) is 10.8. The number of benzene rings is 7. The second kappa shape index (κ2) is 10.6. The predicted molar refractivity (Wildman–Crippen MR) is 207 cm³/mol. The number of nitrogens with zero attached hydrogens (tertiary/aromatic N) is 2. The highest BCUT2D eigenvalue weighted by Crippen LogP contribution is 2.61. The fraction of sp³-hybridized carbons (Fsp3) is 0.0208. The lowest BCUT2D eigenvalue weighted by atomic mass is 9.61. The second-order valence-corrected chi connectivity index (χ2v) is 13.5. The van der Waals surface area contributed by atoms with Crippen molar-refractivity contribution in [3.63, 3.8) is 0 Å². The minimum atomic E-state index is -0.639. The van der Waals surface area contributed by atoms with Gasteiger partial charge in [-0.2, -0.15) is 0 Å². The molecule has 1 spiro atoms. The van der Waals surface area contributed by atoms with Gasteiger partial charge in [0, 0.05) is 33.0 Å². The maximum absolute atomic E-state index is 7.09. The van der Waals surface area contributed by atoms with Crippen molar-refractivity contribution in [3.8, 4) is 50.8 Å². The number of aromatic nitrogens is 2. The van der Waals surface area contributed by atoms with Crippen molar-refractivity contribution in [3.05, 3.63) is 204 Å². The Morgan fingerprint density at radius 1 is 0.451 bits per heavy atom. The lowest BCUT2D eigenvalue weighted by Gasteiger charge is -2.45. The van der Waals surface area contributed by atoms with Gasteiger partial charge >= 0.3 is 0 Å². The third-order valence-corrected chi connectivity index (χ3v) is 10.8. The monoisotopic (exact) mass is 650 g/mol. The molecule has 2 aliphatic heterocycles. The summed E-state index contributed by atoms with van der Waals surface area (Å²) in [4.78, 5) is 5.36. The molecule has 0 aliphatic carbocycles. The zero-order chi connectivity index (χ0) is 33.5. The SMILES string of the molecule is c1ccc(-c2cc(-c3ccccc3)nc(-c3cccc4c3Oc3ccccc3C43c4ccccc4-n4c5ccccc5c5cccc3c54)c2)cc1. The average molecular weight is 651 g/mol. The van der Waals surface area contributed by atoms with Gasteiger partial charge in [-0.05, 0) is 58.7 Å². The first-order chi connectivity index (χ1) is 25.3. The van der Waals surface area contributed by atoms with Crippen LogP contribution in [-0.2, 0) is 5.41 Å². The summed E-state index contributed by atoms with van der Waals surface area (Å²) >= 11 is 0. The van der Waals surface area contributed by atoms with E-state index in [1.54, 1.807) is 0 Å². The van der Waals surface area contributed by atoms with Gasteiger partial charge in [0.15, 0.2) is 0 Å². The molecule has 3 nitrogen and oxygen atoms in total. The minimum absolute atomic E-state index is 0.639. The van der Waals surface area contributed by atoms with Gasteiger partial charge in [-0.15, -0.1) is 0 Å². The van der Waals surface area contributed by atoms with E-state index >= 15 is 0 Å². The highest BCUT2D eigenvalue weighted by molar-refractivity contribution is 6.12. The van der Waals surface area contributed by atoms with Crippen LogP contribution in [0, 0.1) is 0 Å². The van der Waals surface area contributed by atoms with E-state index in [4.69, 9.17) is 9.72 Å². The summed E-state index contributed by atoms with van der Waals surface area (Å²) in [5.74, 6) is 1.70. The van der Waals surface area contributed by atoms with Gasteiger partial charge in [-0.3, -0.25) is 0 Å². The summed E-state index contributed by atoms with van der Waals surface area (Å²) < 4.78 is 9.56. The third kappa shape index (κ3) is 3.86. The molecule has 3 heteroatoms. The normalized spacial score (nSPS) is 15.3. The van der Waals surface area contributed by atoms with E-state index < -0.39 is 5.41 Å². The van der Waals surface area contributed by atoms with Gasteiger partial charge in [0.25, 0.3) is 0 Å². The van der Waals surface area contributed by atoms with Gasteiger partial charge in [-0.1, -0.05) is 146 Å². The number of para-hydroxylation sites is 5. The van der Waals surface area contributed by atoms with Crippen LogP contribution in [0.25, 0.3) is 61.1 Å². The zero-order valence-corrected chi connectivity index (χ0v) is 27.6. The van der Waals surface area contributed by atoms with Gasteiger partial charge in [0.05, 0.1) is 33.5 Å². The van der Waals surface area contributed by atoms with Crippen LogP contribution in [0.1, 0.15) is 22.3 Å². The predicted octanol–water partition coefficient (Wildman–Crippen LogP) is 12.0. The van der Waals surface area contributed by atoms with E-state index in [1.807, 2.05) is 6.07 Å². The van der Waals surface area contributed by atoms with E-state index in [9.17, 15) is 0 Å². The zero-order valence-electron chi connectivity index (χ0n) is 27.6. The maximum atomic E-state index is 7.09. The van der Waals surface area contributed by atoms with Gasteiger partial charge in [0.2, 0.25) is 0 Å². The molecule has 2 aromatic heterocycles. The van der Waals surface area contributed by atoms with Crippen LogP contribution in [0.5, 0.6) is 11.5 Å². The van der Waals surface area contributed by atoms with Crippen molar-refractivity contribution in [1.29, 1.82) is 0 Å². The Labute approximate surface area is 295 Å². The molecule has 2 aliphatic rings. The molecule has 0 radical (unpaired) electrons. The fourth-order valence-corrected chi connectivity index (χ4v) is 8.77. The van der Waals surface area contributed by atoms with Crippen molar-refractivity contribution < 1.29 is 4.74 Å². The molecule has 1 atom stereocenters. The summed E-state index contributed by atoms with van der Waals surface area (Å²) in [6.07, 6.45) is 0. The van der Waals surface area contributed by atoms with Crippen molar-refractivity contribution in [2.45, 2.75) is 5.41 Å². The van der Waals surface area contributed by atoms with Crippen molar-refractivity contribution in [2.75, 3.05) is 0 Å². The highest BCUT2D eigenvalue weighted by Gasteiger charge is 2.50. The molecule has 51 heavy (non-hydrogen) atoms. The molecule has 0 N–H and O–H groups in total. The van der Waals surface area contributed by atoms with Crippen molar-refractivity contribution >= 4 is 21.8 Å². The Morgan fingerprint density at radius 2 is 1.08 bits per heavy atom. The van der Waals surface area contributed by atoms with Crippen molar-refractivity contribution in [1.82, 2.24) is 9.55 Å². The van der Waals surface area contributed by atoms with Crippen molar-refractivity contribution in [2.24, 2.45) is 0 Å². The number of ether oxygens (including phenoxy) is 1. The Balaban J connectivity index is 1.26. The Kier molecular flexibility index (Phi) is 5.88. The number of pyridine rings is 1. The van der Waals surface area contributed by atoms with E-state index in [1.165, 1.54) is 38.6 Å². The van der Waals surface area contributed by atoms with Crippen LogP contribution in [-0.4, -0.2) is 9.55 Å². The molecule has 0 saturated carbocycles. The molecule has 7 aromatic carbocycles. The Hall–Kier alpha value is -6.71. The Bertz CT molecular complexity index is 2780. The summed E-state index contributed by atoms with van der Waals surface area (Å²) in [7, 11) is 0. The average Bonchev–Trinajstić information content (AvgIpc) is 3.55. The summed E-state index contributed by atoms with van der Waals surface area (Å²) in [6, 6.07) is 65.1. The van der Waals surface area contributed by atoms with Gasteiger partial charge in [-0.25, -0.2) is 4.98 Å². The topological polar surface area (TPSA) is 27.1 Å². The fourth-order valence-electron chi connectivity index (χ4n) is 8.77. The molecule has 9 aromatic rings.